The van der Waals surface area contributed by atoms with E-state index in [2.05, 4.69) is 38.3 Å². The van der Waals surface area contributed by atoms with Crippen LogP contribution in [0.1, 0.15) is 11.1 Å². The molecule has 0 spiro atoms. The largest absolute Gasteiger partial charge is 0.609 e. The van der Waals surface area contributed by atoms with E-state index < -0.39 is 63.9 Å². The zero-order valence-corrected chi connectivity index (χ0v) is 19.4. The van der Waals surface area contributed by atoms with Gasteiger partial charge in [-0.2, -0.15) is 20.2 Å². The van der Waals surface area contributed by atoms with Crippen molar-refractivity contribution >= 4 is 39.5 Å². The molecule has 36 heavy (non-hydrogen) atoms. The molecule has 1 aromatic rings. The number of hydroxylamine groups is 2. The molecule has 4 unspecified atom stereocenters. The Kier molecular flexibility index (Phi) is 8.58. The molecule has 0 amide bonds. The van der Waals surface area contributed by atoms with Crippen molar-refractivity contribution in [1.82, 2.24) is 11.0 Å². The van der Waals surface area contributed by atoms with Crippen LogP contribution in [0.15, 0.2) is 24.3 Å². The molecule has 2 fully saturated rings. The first-order chi connectivity index (χ1) is 16.8. The van der Waals surface area contributed by atoms with Gasteiger partial charge in [-0.25, -0.2) is 28.3 Å². The number of aliphatic hydroxyl groups is 4. The van der Waals surface area contributed by atoms with Crippen LogP contribution in [0.4, 0.5) is 0 Å². The van der Waals surface area contributed by atoms with Crippen LogP contribution in [0.3, 0.4) is 0 Å². The minimum absolute atomic E-state index is 0.290. The molecule has 2 saturated heterocycles. The van der Waals surface area contributed by atoms with Gasteiger partial charge in [-0.1, -0.05) is 24.3 Å². The highest BCUT2D eigenvalue weighted by atomic mass is 31.2. The van der Waals surface area contributed by atoms with Crippen LogP contribution in [0.25, 0.3) is 0 Å². The van der Waals surface area contributed by atoms with Crippen LogP contribution in [-0.4, -0.2) is 68.7 Å². The quantitative estimate of drug-likeness (QED) is 0.144. The first kappa shape index (κ1) is 27.8. The minimum Gasteiger partial charge on any atom is -0.379 e. The predicted molar refractivity (Wildman–Crippen MR) is 106 cm³/mol. The summed E-state index contributed by atoms with van der Waals surface area (Å²) in [5, 5.41) is 37.6. The molecule has 0 aliphatic carbocycles. The summed E-state index contributed by atoms with van der Waals surface area (Å²) in [6.45, 7) is -0.579. The molecule has 2 heterocycles. The lowest BCUT2D eigenvalue weighted by molar-refractivity contribution is -0.156. The van der Waals surface area contributed by atoms with Crippen LogP contribution in [0, 0.1) is 0 Å². The molecule has 2 aliphatic rings. The molecule has 3 rings (SSSR count). The van der Waals surface area contributed by atoms with E-state index in [4.69, 9.17) is 0 Å². The zero-order valence-electron chi connectivity index (χ0n) is 17.6. The summed E-state index contributed by atoms with van der Waals surface area (Å²) in [5.74, 6) is -6.52. The van der Waals surface area contributed by atoms with Crippen molar-refractivity contribution in [3.05, 3.63) is 35.4 Å². The third-order valence-electron chi connectivity index (χ3n) is 4.37. The molecule has 0 saturated carbocycles. The van der Waals surface area contributed by atoms with Crippen molar-refractivity contribution in [1.29, 1.82) is 0 Å². The first-order valence-electron chi connectivity index (χ1n) is 9.60. The maximum atomic E-state index is 12.4. The van der Waals surface area contributed by atoms with Gasteiger partial charge in [-0.05, 0) is 11.1 Å². The maximum absolute atomic E-state index is 12.4. The smallest absolute Gasteiger partial charge is 0.379 e. The van der Waals surface area contributed by atoms with Crippen LogP contribution in [-0.2, 0) is 68.7 Å². The number of rotatable bonds is 8. The summed E-state index contributed by atoms with van der Waals surface area (Å²) in [6, 6.07) is 6.12. The van der Waals surface area contributed by atoms with Crippen molar-refractivity contribution in [2.45, 2.75) is 37.5 Å². The Morgan fingerprint density at radius 2 is 0.917 bits per heavy atom. The fourth-order valence-electron chi connectivity index (χ4n) is 2.56. The number of phosphoric acid groups is 2. The minimum atomic E-state index is -4.92. The van der Waals surface area contributed by atoms with E-state index >= 15 is 0 Å². The summed E-state index contributed by atoms with van der Waals surface area (Å²) in [6.07, 6.45) is -9.35. The fraction of sp³-hybridized carbons (Fsp3) is 0.375. The molecule has 0 radical (unpaired) electrons. The second-order valence-electron chi connectivity index (χ2n) is 6.91. The Bertz CT molecular complexity index is 1000. The van der Waals surface area contributed by atoms with Gasteiger partial charge < -0.3 is 38.5 Å². The molecule has 0 aromatic heterocycles. The Morgan fingerprint density at radius 3 is 1.19 bits per heavy atom. The van der Waals surface area contributed by atoms with Gasteiger partial charge in [0.15, 0.2) is 24.4 Å². The number of aliphatic hydroxyl groups excluding tert-OH is 4. The number of hydrogen-bond acceptors (Lipinski definition) is 18. The number of nitrogens with one attached hydrogen (secondary N) is 2. The van der Waals surface area contributed by atoms with Gasteiger partial charge in [-0.15, -0.1) is 0 Å². The van der Waals surface area contributed by atoms with Crippen LogP contribution in [0.5, 0.6) is 0 Å². The summed E-state index contributed by atoms with van der Waals surface area (Å²) >= 11 is 0. The van der Waals surface area contributed by atoms with Gasteiger partial charge in [0, 0.05) is 13.1 Å². The highest BCUT2D eigenvalue weighted by molar-refractivity contribution is 7.50. The number of benzene rings is 1. The molecular weight excluding hydrogens is 538 g/mol. The number of hydrogen-bond donors (Lipinski definition) is 6. The first-order valence-corrected chi connectivity index (χ1v) is 12.5. The Hall–Kier alpha value is -2.76. The summed E-state index contributed by atoms with van der Waals surface area (Å²) in [4.78, 5) is 46.3. The highest BCUT2D eigenvalue weighted by Gasteiger charge is 2.49. The summed E-state index contributed by atoms with van der Waals surface area (Å²) < 4.78 is 51.3. The molecule has 18 nitrogen and oxygen atoms in total. The normalized spacial score (nSPS) is 33.0. The Balaban J connectivity index is 1.59. The van der Waals surface area contributed by atoms with Gasteiger partial charge in [0.05, 0.1) is 0 Å². The SMILES string of the molecule is O=C1OP(=O)(ONCc2ccccc2CNOP2(=O)OC(=O)C(O)C(O)C(=O)O2)OC(=O)C(O)C1O. The predicted octanol–water partition coefficient (Wildman–Crippen LogP) is -2.41. The van der Waals surface area contributed by atoms with Crippen LogP contribution in [0.2, 0.25) is 0 Å². The molecule has 2 aliphatic heterocycles. The van der Waals surface area contributed by atoms with Crippen molar-refractivity contribution in [2.24, 2.45) is 0 Å². The van der Waals surface area contributed by atoms with E-state index in [1.54, 1.807) is 12.1 Å². The lowest BCUT2D eigenvalue weighted by Gasteiger charge is -2.16. The molecular formula is C16H18N2O16P2. The number of phosphoric ester groups is 2. The zero-order chi connectivity index (χ0) is 26.7. The molecule has 198 valence electrons. The van der Waals surface area contributed by atoms with Crippen molar-refractivity contribution in [3.8, 4) is 0 Å². The van der Waals surface area contributed by atoms with E-state index in [9.17, 15) is 48.7 Å². The average Bonchev–Trinajstić information content (AvgIpc) is 2.93. The average molecular weight is 556 g/mol. The summed E-state index contributed by atoms with van der Waals surface area (Å²) in [7, 11) is -9.83. The van der Waals surface area contributed by atoms with Crippen LogP contribution >= 0.6 is 15.6 Å². The second-order valence-corrected chi connectivity index (χ2v) is 9.79. The van der Waals surface area contributed by atoms with Crippen LogP contribution < -0.4 is 11.0 Å². The highest BCUT2D eigenvalue weighted by Crippen LogP contribution is 2.51. The fourth-order valence-corrected chi connectivity index (χ4v) is 4.55. The number of carbonyl (C=O) groups is 4. The third kappa shape index (κ3) is 6.51. The Labute approximate surface area is 200 Å². The maximum Gasteiger partial charge on any atom is 0.609 e. The van der Waals surface area contributed by atoms with Gasteiger partial charge in [0.25, 0.3) is 0 Å². The van der Waals surface area contributed by atoms with E-state index in [-0.39, 0.29) is 13.1 Å². The lowest BCUT2D eigenvalue weighted by Crippen LogP contribution is -2.38. The molecule has 6 N–H and O–H groups in total. The standard InChI is InChI=1S/C16H18N2O16P2/c19-9-10(20)14(24)30-35(27,29-13(9)23)33-17-5-7-3-1-2-4-8(7)6-18-34-36(28)31-15(25)11(21)12(22)16(26)32-36/h1-4,9-12,17-22H,5-6H2. The lowest BCUT2D eigenvalue weighted by atomic mass is 10.1. The monoisotopic (exact) mass is 556 g/mol. The van der Waals surface area contributed by atoms with Crippen molar-refractivity contribution < 1.29 is 76.1 Å². The third-order valence-corrected chi connectivity index (χ3v) is 6.69. The molecule has 0 bridgehead atoms. The van der Waals surface area contributed by atoms with E-state index in [1.807, 2.05) is 0 Å². The van der Waals surface area contributed by atoms with Gasteiger partial charge in [0.2, 0.25) is 0 Å². The molecule has 1 aromatic carbocycles. The summed E-state index contributed by atoms with van der Waals surface area (Å²) in [5.41, 5.74) is 4.99. The Morgan fingerprint density at radius 1 is 0.639 bits per heavy atom. The van der Waals surface area contributed by atoms with Gasteiger partial charge >= 0.3 is 39.5 Å². The van der Waals surface area contributed by atoms with E-state index in [0.717, 1.165) is 0 Å². The van der Waals surface area contributed by atoms with Gasteiger partial charge in [-0.3, -0.25) is 0 Å². The topological polar surface area (TPSA) is 263 Å². The van der Waals surface area contributed by atoms with Gasteiger partial charge in [0.1, 0.15) is 0 Å². The second kappa shape index (κ2) is 11.1. The van der Waals surface area contributed by atoms with Crippen molar-refractivity contribution in [2.75, 3.05) is 0 Å². The van der Waals surface area contributed by atoms with E-state index in [1.165, 1.54) is 12.1 Å². The number of carbonyl (C=O) groups excluding carboxylic acids is 4. The molecule has 4 atom stereocenters. The van der Waals surface area contributed by atoms with E-state index in [0.29, 0.717) is 11.1 Å². The van der Waals surface area contributed by atoms with Crippen molar-refractivity contribution in [3.63, 3.8) is 0 Å². The molecule has 20 heteroatoms.